The van der Waals surface area contributed by atoms with Gasteiger partial charge in [-0.15, -0.1) is 11.3 Å². The van der Waals surface area contributed by atoms with E-state index in [4.69, 9.17) is 4.98 Å². The summed E-state index contributed by atoms with van der Waals surface area (Å²) in [5, 5.41) is 3.64. The quantitative estimate of drug-likeness (QED) is 0.534. The van der Waals surface area contributed by atoms with Crippen LogP contribution in [-0.4, -0.2) is 29.5 Å². The lowest BCUT2D eigenvalue weighted by atomic mass is 9.74. The molecule has 1 aliphatic heterocycles. The Kier molecular flexibility index (Phi) is 5.43. The molecule has 1 aliphatic carbocycles. The number of hydrogen-bond acceptors (Lipinski definition) is 3. The van der Waals surface area contributed by atoms with Gasteiger partial charge in [-0.05, 0) is 73.3 Å². The number of likely N-dealkylation sites (tertiary alicyclic amines) is 1. The van der Waals surface area contributed by atoms with E-state index in [-0.39, 0.29) is 10.8 Å². The van der Waals surface area contributed by atoms with Crippen molar-refractivity contribution in [2.75, 3.05) is 19.6 Å². The molecule has 152 valence electrons. The summed E-state index contributed by atoms with van der Waals surface area (Å²) in [5.41, 5.74) is 6.07. The summed E-state index contributed by atoms with van der Waals surface area (Å²) in [4.78, 5) is 7.67. The molecule has 1 fully saturated rings. The molecule has 2 heterocycles. The van der Waals surface area contributed by atoms with Gasteiger partial charge in [0.25, 0.3) is 0 Å². The number of aromatic nitrogens is 1. The van der Waals surface area contributed by atoms with Gasteiger partial charge in [-0.2, -0.15) is 0 Å². The van der Waals surface area contributed by atoms with Crippen molar-refractivity contribution in [3.8, 4) is 11.3 Å². The summed E-state index contributed by atoms with van der Waals surface area (Å²) >= 11 is 1.87. The molecule has 1 aromatic carbocycles. The fourth-order valence-corrected chi connectivity index (χ4v) is 6.20. The number of piperidine rings is 1. The number of fused-ring (bicyclic) bond motifs is 1. The van der Waals surface area contributed by atoms with Crippen molar-refractivity contribution in [3.63, 3.8) is 0 Å². The minimum absolute atomic E-state index is 0.241. The monoisotopic (exact) mass is 396 g/mol. The van der Waals surface area contributed by atoms with E-state index < -0.39 is 0 Å². The maximum Gasteiger partial charge on any atom is 0.0964 e. The summed E-state index contributed by atoms with van der Waals surface area (Å²) in [6.45, 7) is 15.6. The lowest BCUT2D eigenvalue weighted by molar-refractivity contribution is 0.222. The van der Waals surface area contributed by atoms with Gasteiger partial charge in [-0.25, -0.2) is 4.98 Å². The highest BCUT2D eigenvalue weighted by atomic mass is 32.1. The first-order chi connectivity index (χ1) is 13.3. The normalized spacial score (nSPS) is 22.6. The Morgan fingerprint density at radius 3 is 2.39 bits per heavy atom. The number of rotatable bonds is 3. The SMILES string of the molecule is CCN1CCC(c2nc(-c3ccc4c(c3)C(C)(C)CCCC4(C)C)cs2)CC1. The first-order valence-electron chi connectivity index (χ1n) is 11.1. The predicted octanol–water partition coefficient (Wildman–Crippen LogP) is 6.75. The molecule has 0 amide bonds. The van der Waals surface area contributed by atoms with Crippen LogP contribution in [0.2, 0.25) is 0 Å². The van der Waals surface area contributed by atoms with Crippen molar-refractivity contribution >= 4 is 11.3 Å². The summed E-state index contributed by atoms with van der Waals surface area (Å²) in [6.07, 6.45) is 6.37. The maximum absolute atomic E-state index is 5.11. The highest BCUT2D eigenvalue weighted by Gasteiger charge is 2.34. The molecule has 0 atom stereocenters. The largest absolute Gasteiger partial charge is 0.304 e. The van der Waals surface area contributed by atoms with Crippen LogP contribution >= 0.6 is 11.3 Å². The van der Waals surface area contributed by atoms with Crippen molar-refractivity contribution < 1.29 is 0 Å². The highest BCUT2D eigenvalue weighted by Crippen LogP contribution is 2.45. The van der Waals surface area contributed by atoms with Gasteiger partial charge in [0.05, 0.1) is 10.7 Å². The van der Waals surface area contributed by atoms with Gasteiger partial charge in [-0.1, -0.05) is 53.2 Å². The molecule has 0 unspecified atom stereocenters. The Balaban J connectivity index is 1.63. The summed E-state index contributed by atoms with van der Waals surface area (Å²) < 4.78 is 0. The van der Waals surface area contributed by atoms with Crippen LogP contribution in [0.1, 0.15) is 88.8 Å². The molecule has 1 aromatic heterocycles. The molecular weight excluding hydrogens is 360 g/mol. The van der Waals surface area contributed by atoms with Gasteiger partial charge in [-0.3, -0.25) is 0 Å². The molecule has 2 aromatic rings. The Morgan fingerprint density at radius 1 is 1.04 bits per heavy atom. The van der Waals surface area contributed by atoms with Crippen molar-refractivity contribution in [1.29, 1.82) is 0 Å². The molecule has 0 spiro atoms. The second-order valence-electron chi connectivity index (χ2n) is 10.2. The predicted molar refractivity (Wildman–Crippen MR) is 122 cm³/mol. The summed E-state index contributed by atoms with van der Waals surface area (Å²) in [5.74, 6) is 0.651. The highest BCUT2D eigenvalue weighted by molar-refractivity contribution is 7.10. The molecule has 28 heavy (non-hydrogen) atoms. The van der Waals surface area contributed by atoms with Crippen LogP contribution in [-0.2, 0) is 10.8 Å². The van der Waals surface area contributed by atoms with Crippen LogP contribution in [0.25, 0.3) is 11.3 Å². The third-order valence-electron chi connectivity index (χ3n) is 7.28. The Bertz CT molecular complexity index is 825. The van der Waals surface area contributed by atoms with Crippen molar-refractivity contribution in [3.05, 3.63) is 39.7 Å². The van der Waals surface area contributed by atoms with Crippen LogP contribution in [0.4, 0.5) is 0 Å². The molecule has 0 N–H and O–H groups in total. The lowest BCUT2D eigenvalue weighted by Crippen LogP contribution is -2.32. The van der Waals surface area contributed by atoms with E-state index in [9.17, 15) is 0 Å². The van der Waals surface area contributed by atoms with E-state index in [1.165, 1.54) is 68.0 Å². The molecule has 1 saturated heterocycles. The Morgan fingerprint density at radius 2 is 1.71 bits per heavy atom. The standard InChI is InChI=1S/C25H36N2S/c1-6-27-14-10-18(11-15-27)23-26-22(17-28-23)19-8-9-20-21(16-19)25(4,5)13-7-12-24(20,2)3/h8-9,16-18H,6-7,10-15H2,1-5H3. The number of nitrogens with zero attached hydrogens (tertiary/aromatic N) is 2. The van der Waals surface area contributed by atoms with E-state index in [0.717, 1.165) is 0 Å². The van der Waals surface area contributed by atoms with Crippen LogP contribution in [0.15, 0.2) is 23.6 Å². The van der Waals surface area contributed by atoms with Gasteiger partial charge in [0.1, 0.15) is 0 Å². The molecule has 4 rings (SSSR count). The average Bonchev–Trinajstić information content (AvgIpc) is 3.14. The zero-order valence-electron chi connectivity index (χ0n) is 18.3. The van der Waals surface area contributed by atoms with Gasteiger partial charge < -0.3 is 4.90 Å². The molecule has 0 radical (unpaired) electrons. The fourth-order valence-electron chi connectivity index (χ4n) is 5.20. The molecule has 3 heteroatoms. The second kappa shape index (κ2) is 7.57. The van der Waals surface area contributed by atoms with Gasteiger partial charge >= 0.3 is 0 Å². The van der Waals surface area contributed by atoms with E-state index >= 15 is 0 Å². The smallest absolute Gasteiger partial charge is 0.0964 e. The first kappa shape index (κ1) is 20.1. The average molecular weight is 397 g/mol. The minimum Gasteiger partial charge on any atom is -0.304 e. The van der Waals surface area contributed by atoms with Crippen molar-refractivity contribution in [2.24, 2.45) is 0 Å². The minimum atomic E-state index is 0.241. The van der Waals surface area contributed by atoms with Gasteiger partial charge in [0.2, 0.25) is 0 Å². The Labute approximate surface area is 175 Å². The number of hydrogen-bond donors (Lipinski definition) is 0. The summed E-state index contributed by atoms with van der Waals surface area (Å²) in [6, 6.07) is 7.18. The molecule has 0 bridgehead atoms. The van der Waals surface area contributed by atoms with E-state index in [1.54, 1.807) is 11.1 Å². The van der Waals surface area contributed by atoms with Crippen molar-refractivity contribution in [1.82, 2.24) is 9.88 Å². The molecule has 2 aliphatic rings. The Hall–Kier alpha value is -1.19. The molecule has 0 saturated carbocycles. The number of thiazole rings is 1. The van der Waals surface area contributed by atoms with Gasteiger partial charge in [0.15, 0.2) is 0 Å². The van der Waals surface area contributed by atoms with Crippen molar-refractivity contribution in [2.45, 2.75) is 83.5 Å². The van der Waals surface area contributed by atoms with Gasteiger partial charge in [0, 0.05) is 16.9 Å². The second-order valence-corrected chi connectivity index (χ2v) is 11.1. The fraction of sp³-hybridized carbons (Fsp3) is 0.640. The zero-order chi connectivity index (χ0) is 19.9. The number of benzene rings is 1. The maximum atomic E-state index is 5.11. The van der Waals surface area contributed by atoms with Crippen LogP contribution in [0.5, 0.6) is 0 Å². The lowest BCUT2D eigenvalue weighted by Gasteiger charge is -2.30. The molecular formula is C25H36N2S. The summed E-state index contributed by atoms with van der Waals surface area (Å²) in [7, 11) is 0. The van der Waals surface area contributed by atoms with E-state index in [1.807, 2.05) is 11.3 Å². The van der Waals surface area contributed by atoms with E-state index in [0.29, 0.717) is 5.92 Å². The third kappa shape index (κ3) is 3.80. The van der Waals surface area contributed by atoms with Crippen LogP contribution < -0.4 is 0 Å². The molecule has 2 nitrogen and oxygen atoms in total. The third-order valence-corrected chi connectivity index (χ3v) is 8.29. The topological polar surface area (TPSA) is 16.1 Å². The van der Waals surface area contributed by atoms with E-state index in [2.05, 4.69) is 63.1 Å². The van der Waals surface area contributed by atoms with Crippen LogP contribution in [0.3, 0.4) is 0 Å². The zero-order valence-corrected chi connectivity index (χ0v) is 19.2. The first-order valence-corrected chi connectivity index (χ1v) is 12.0. The van der Waals surface area contributed by atoms with Crippen LogP contribution in [0, 0.1) is 0 Å².